The van der Waals surface area contributed by atoms with Gasteiger partial charge in [0.05, 0.1) is 6.10 Å². The van der Waals surface area contributed by atoms with Gasteiger partial charge in [-0.1, -0.05) is 13.0 Å². The number of nitrogens with zero attached hydrogens (tertiary/aromatic N) is 1. The summed E-state index contributed by atoms with van der Waals surface area (Å²) in [5.74, 6) is 1.18. The lowest BCUT2D eigenvalue weighted by Gasteiger charge is -2.18. The zero-order chi connectivity index (χ0) is 10.8. The van der Waals surface area contributed by atoms with E-state index in [0.29, 0.717) is 12.3 Å². The summed E-state index contributed by atoms with van der Waals surface area (Å²) in [7, 11) is 0. The largest absolute Gasteiger partial charge is 0.392 e. The molecule has 2 heteroatoms. The smallest absolute Gasteiger partial charge is 0.0623 e. The lowest BCUT2D eigenvalue weighted by molar-refractivity contribution is 0.104. The minimum absolute atomic E-state index is 0.230. The first-order valence-corrected chi connectivity index (χ1v) is 5.77. The second kappa shape index (κ2) is 4.31. The Morgan fingerprint density at radius 3 is 2.87 bits per heavy atom. The van der Waals surface area contributed by atoms with Crippen LogP contribution in [0.4, 0.5) is 0 Å². The topological polar surface area (TPSA) is 33.1 Å². The van der Waals surface area contributed by atoms with Crippen molar-refractivity contribution in [2.45, 2.75) is 39.2 Å². The van der Waals surface area contributed by atoms with E-state index in [1.807, 2.05) is 6.07 Å². The van der Waals surface area contributed by atoms with E-state index in [2.05, 4.69) is 24.9 Å². The van der Waals surface area contributed by atoms with Gasteiger partial charge in [0.15, 0.2) is 0 Å². The molecule has 0 radical (unpaired) electrons. The fraction of sp³-hybridized carbons (Fsp3) is 0.615. The molecule has 1 fully saturated rings. The fourth-order valence-electron chi connectivity index (χ4n) is 2.05. The monoisotopic (exact) mass is 205 g/mol. The van der Waals surface area contributed by atoms with Gasteiger partial charge in [-0.05, 0) is 43.2 Å². The molecule has 0 saturated heterocycles. The number of aliphatic hydroxyl groups excluding tert-OH is 1. The van der Waals surface area contributed by atoms with Crippen molar-refractivity contribution in [3.63, 3.8) is 0 Å². The molecule has 0 bridgehead atoms. The van der Waals surface area contributed by atoms with E-state index in [0.717, 1.165) is 11.6 Å². The van der Waals surface area contributed by atoms with Crippen LogP contribution in [-0.2, 0) is 6.42 Å². The molecule has 1 aliphatic carbocycles. The number of rotatable bonds is 4. The Labute approximate surface area is 91.4 Å². The van der Waals surface area contributed by atoms with Gasteiger partial charge < -0.3 is 5.11 Å². The lowest BCUT2D eigenvalue weighted by atomic mass is 9.94. The summed E-state index contributed by atoms with van der Waals surface area (Å²) in [4.78, 5) is 4.32. The van der Waals surface area contributed by atoms with E-state index in [1.165, 1.54) is 18.4 Å². The highest BCUT2D eigenvalue weighted by atomic mass is 16.3. The van der Waals surface area contributed by atoms with E-state index < -0.39 is 0 Å². The summed E-state index contributed by atoms with van der Waals surface area (Å²) < 4.78 is 0. The normalized spacial score (nSPS) is 19.9. The number of hydrogen-bond acceptors (Lipinski definition) is 2. The van der Waals surface area contributed by atoms with Crippen molar-refractivity contribution < 1.29 is 5.11 Å². The van der Waals surface area contributed by atoms with Gasteiger partial charge in [-0.25, -0.2) is 0 Å². The Morgan fingerprint density at radius 1 is 1.53 bits per heavy atom. The van der Waals surface area contributed by atoms with Gasteiger partial charge in [-0.15, -0.1) is 0 Å². The molecule has 2 nitrogen and oxygen atoms in total. The molecule has 2 unspecified atom stereocenters. The zero-order valence-corrected chi connectivity index (χ0v) is 9.48. The number of hydrogen-bond donors (Lipinski definition) is 1. The Balaban J connectivity index is 1.98. The lowest BCUT2D eigenvalue weighted by Crippen LogP contribution is -2.22. The van der Waals surface area contributed by atoms with Crippen molar-refractivity contribution in [3.8, 4) is 0 Å². The maximum Gasteiger partial charge on any atom is 0.0623 e. The second-order valence-corrected chi connectivity index (χ2v) is 4.74. The average molecular weight is 205 g/mol. The molecule has 1 saturated carbocycles. The molecule has 15 heavy (non-hydrogen) atoms. The molecular weight excluding hydrogens is 186 g/mol. The highest BCUT2D eigenvalue weighted by Crippen LogP contribution is 2.38. The summed E-state index contributed by atoms with van der Waals surface area (Å²) in [6.45, 7) is 4.21. The minimum atomic E-state index is -0.230. The fourth-order valence-corrected chi connectivity index (χ4v) is 2.05. The van der Waals surface area contributed by atoms with Crippen LogP contribution in [0.15, 0.2) is 18.3 Å². The first-order valence-electron chi connectivity index (χ1n) is 5.77. The molecule has 0 aliphatic heterocycles. The van der Waals surface area contributed by atoms with Crippen molar-refractivity contribution in [1.82, 2.24) is 4.98 Å². The highest BCUT2D eigenvalue weighted by Gasteiger charge is 2.32. The third-order valence-corrected chi connectivity index (χ3v) is 3.49. The zero-order valence-electron chi connectivity index (χ0n) is 9.48. The first kappa shape index (κ1) is 10.6. The summed E-state index contributed by atoms with van der Waals surface area (Å²) in [5, 5.41) is 10.1. The van der Waals surface area contributed by atoms with Crippen LogP contribution in [-0.4, -0.2) is 16.2 Å². The van der Waals surface area contributed by atoms with Crippen LogP contribution in [0.3, 0.4) is 0 Å². The van der Waals surface area contributed by atoms with E-state index in [1.54, 1.807) is 6.20 Å². The van der Waals surface area contributed by atoms with Crippen LogP contribution in [0.2, 0.25) is 0 Å². The number of pyridine rings is 1. The Kier molecular flexibility index (Phi) is 3.06. The molecule has 2 atom stereocenters. The molecule has 82 valence electrons. The summed E-state index contributed by atoms with van der Waals surface area (Å²) >= 11 is 0. The van der Waals surface area contributed by atoms with Crippen LogP contribution < -0.4 is 0 Å². The van der Waals surface area contributed by atoms with Gasteiger partial charge in [-0.3, -0.25) is 4.98 Å². The summed E-state index contributed by atoms with van der Waals surface area (Å²) in [6, 6.07) is 3.99. The van der Waals surface area contributed by atoms with Gasteiger partial charge in [0, 0.05) is 18.3 Å². The van der Waals surface area contributed by atoms with Gasteiger partial charge in [0.25, 0.3) is 0 Å². The van der Waals surface area contributed by atoms with Crippen LogP contribution in [0.1, 0.15) is 31.0 Å². The maximum absolute atomic E-state index is 10.1. The number of aliphatic hydroxyl groups is 1. The van der Waals surface area contributed by atoms with Crippen molar-refractivity contribution in [1.29, 1.82) is 0 Å². The van der Waals surface area contributed by atoms with Gasteiger partial charge in [0.1, 0.15) is 0 Å². The van der Waals surface area contributed by atoms with Gasteiger partial charge in [0.2, 0.25) is 0 Å². The van der Waals surface area contributed by atoms with Crippen LogP contribution >= 0.6 is 0 Å². The molecule has 2 rings (SSSR count). The maximum atomic E-state index is 10.1. The van der Waals surface area contributed by atoms with Crippen LogP contribution in [0, 0.1) is 18.8 Å². The molecule has 1 aromatic rings. The second-order valence-electron chi connectivity index (χ2n) is 4.74. The predicted octanol–water partition coefficient (Wildman–Crippen LogP) is 2.34. The van der Waals surface area contributed by atoms with Crippen molar-refractivity contribution >= 4 is 0 Å². The number of aryl methyl sites for hydroxylation is 1. The Bertz CT molecular complexity index is 333. The van der Waals surface area contributed by atoms with Crippen molar-refractivity contribution in [2.24, 2.45) is 11.8 Å². The molecule has 1 N–H and O–H groups in total. The van der Waals surface area contributed by atoms with Crippen LogP contribution in [0.5, 0.6) is 0 Å². The Hall–Kier alpha value is -0.890. The third kappa shape index (κ3) is 2.57. The van der Waals surface area contributed by atoms with E-state index in [9.17, 15) is 5.11 Å². The van der Waals surface area contributed by atoms with E-state index >= 15 is 0 Å². The summed E-state index contributed by atoms with van der Waals surface area (Å²) in [6.07, 6.45) is 4.85. The van der Waals surface area contributed by atoms with Gasteiger partial charge >= 0.3 is 0 Å². The molecule has 1 aromatic heterocycles. The molecule has 0 amide bonds. The standard InChI is InChI=1S/C13H19NO/c1-9-4-3-7-14-12(9)8-13(15)10(2)11-5-6-11/h3-4,7,10-11,13,15H,5-6,8H2,1-2H3. The first-order chi connectivity index (χ1) is 7.18. The van der Waals surface area contributed by atoms with Crippen molar-refractivity contribution in [3.05, 3.63) is 29.6 Å². The third-order valence-electron chi connectivity index (χ3n) is 3.49. The Morgan fingerprint density at radius 2 is 2.27 bits per heavy atom. The molecule has 1 heterocycles. The quantitative estimate of drug-likeness (QED) is 0.818. The number of aromatic nitrogens is 1. The van der Waals surface area contributed by atoms with Gasteiger partial charge in [-0.2, -0.15) is 0 Å². The molecule has 0 spiro atoms. The van der Waals surface area contributed by atoms with E-state index in [-0.39, 0.29) is 6.10 Å². The van der Waals surface area contributed by atoms with Crippen molar-refractivity contribution in [2.75, 3.05) is 0 Å². The molecule has 0 aromatic carbocycles. The minimum Gasteiger partial charge on any atom is -0.392 e. The van der Waals surface area contributed by atoms with E-state index in [4.69, 9.17) is 0 Å². The molecular formula is C13H19NO. The summed E-state index contributed by atoms with van der Waals surface area (Å²) in [5.41, 5.74) is 2.22. The van der Waals surface area contributed by atoms with Crippen LogP contribution in [0.25, 0.3) is 0 Å². The predicted molar refractivity (Wildman–Crippen MR) is 60.6 cm³/mol. The molecule has 1 aliphatic rings. The highest BCUT2D eigenvalue weighted by molar-refractivity contribution is 5.18. The average Bonchev–Trinajstić information content (AvgIpc) is 3.04. The SMILES string of the molecule is Cc1cccnc1CC(O)C(C)C1CC1.